The molecule has 3 rings (SSSR count). The number of hydrogen-bond acceptors (Lipinski definition) is 3. The lowest BCUT2D eigenvalue weighted by Crippen LogP contribution is -2.52. The Balaban J connectivity index is 1.51. The molecule has 0 amide bonds. The maximum atomic E-state index is 5.90. The number of nitrogens with one attached hydrogen (secondary N) is 1. The molecule has 2 aromatic rings. The fraction of sp³-hybridized carbons (Fsp3) is 0.400. The first-order valence-electron chi connectivity index (χ1n) is 8.54. The highest BCUT2D eigenvalue weighted by Crippen LogP contribution is 2.18. The number of ether oxygens (including phenoxy) is 1. The van der Waals surface area contributed by atoms with Crippen molar-refractivity contribution in [1.29, 1.82) is 0 Å². The molecule has 1 aliphatic rings. The van der Waals surface area contributed by atoms with Crippen LogP contribution in [-0.2, 0) is 17.8 Å². The number of piperazine rings is 1. The summed E-state index contributed by atoms with van der Waals surface area (Å²) < 4.78 is 5.90. The van der Waals surface area contributed by atoms with Crippen molar-refractivity contribution >= 4 is 5.69 Å². The minimum absolute atomic E-state index is 0.387. The van der Waals surface area contributed by atoms with Gasteiger partial charge in [0.05, 0.1) is 13.2 Å². The molecule has 23 heavy (non-hydrogen) atoms. The van der Waals surface area contributed by atoms with Gasteiger partial charge in [-0.2, -0.15) is 0 Å². The Morgan fingerprint density at radius 3 is 2.74 bits per heavy atom. The van der Waals surface area contributed by atoms with E-state index in [4.69, 9.17) is 4.74 Å². The Labute approximate surface area is 139 Å². The van der Waals surface area contributed by atoms with E-state index in [1.54, 1.807) is 0 Å². The molecule has 0 aromatic heterocycles. The van der Waals surface area contributed by atoms with Crippen molar-refractivity contribution in [3.8, 4) is 0 Å². The summed E-state index contributed by atoms with van der Waals surface area (Å²) in [6, 6.07) is 19.6. The number of anilines is 1. The van der Waals surface area contributed by atoms with E-state index >= 15 is 0 Å². The van der Waals surface area contributed by atoms with E-state index in [0.29, 0.717) is 12.6 Å². The Hall–Kier alpha value is -1.84. The molecule has 1 heterocycles. The molecule has 0 radical (unpaired) electrons. The maximum absolute atomic E-state index is 5.90. The number of rotatable bonds is 6. The highest BCUT2D eigenvalue weighted by molar-refractivity contribution is 5.49. The second-order valence-electron chi connectivity index (χ2n) is 6.12. The molecule has 0 saturated carbocycles. The molecule has 1 N–H and O–H groups in total. The lowest BCUT2D eigenvalue weighted by Gasteiger charge is -2.35. The number of nitrogens with zero attached hydrogens (tertiary/aromatic N) is 1. The van der Waals surface area contributed by atoms with Crippen molar-refractivity contribution < 1.29 is 4.74 Å². The van der Waals surface area contributed by atoms with Gasteiger partial charge in [-0.15, -0.1) is 0 Å². The third-order valence-corrected chi connectivity index (χ3v) is 4.37. The van der Waals surface area contributed by atoms with Gasteiger partial charge in [0.25, 0.3) is 0 Å². The van der Waals surface area contributed by atoms with Gasteiger partial charge in [-0.25, -0.2) is 0 Å². The summed E-state index contributed by atoms with van der Waals surface area (Å²) in [7, 11) is 0. The largest absolute Gasteiger partial charge is 0.375 e. The molecule has 1 unspecified atom stereocenters. The van der Waals surface area contributed by atoms with Crippen molar-refractivity contribution in [3.63, 3.8) is 0 Å². The van der Waals surface area contributed by atoms with Crippen molar-refractivity contribution in [2.24, 2.45) is 0 Å². The van der Waals surface area contributed by atoms with Crippen LogP contribution in [0.1, 0.15) is 18.1 Å². The summed E-state index contributed by atoms with van der Waals surface area (Å²) in [5.74, 6) is 0. The van der Waals surface area contributed by atoms with Crippen LogP contribution in [0.4, 0.5) is 5.69 Å². The predicted molar refractivity (Wildman–Crippen MR) is 95.9 cm³/mol. The average molecular weight is 310 g/mol. The predicted octanol–water partition coefficient (Wildman–Crippen LogP) is 3.24. The molecule has 1 saturated heterocycles. The fourth-order valence-electron chi connectivity index (χ4n) is 3.04. The van der Waals surface area contributed by atoms with E-state index in [1.807, 2.05) is 6.07 Å². The standard InChI is InChI=1S/C20H26N2O/c1-2-17-9-6-10-20(13-17)22-12-11-21-19(14-22)16-23-15-18-7-4-3-5-8-18/h3-10,13,19,21H,2,11-12,14-16H2,1H3. The Kier molecular flexibility index (Phi) is 5.67. The topological polar surface area (TPSA) is 24.5 Å². The monoisotopic (exact) mass is 310 g/mol. The fourth-order valence-corrected chi connectivity index (χ4v) is 3.04. The van der Waals surface area contributed by atoms with Gasteiger partial charge in [-0.05, 0) is 29.7 Å². The van der Waals surface area contributed by atoms with Crippen LogP contribution < -0.4 is 10.2 Å². The Bertz CT molecular complexity index is 600. The number of hydrogen-bond donors (Lipinski definition) is 1. The van der Waals surface area contributed by atoms with Crippen molar-refractivity contribution in [2.75, 3.05) is 31.1 Å². The maximum Gasteiger partial charge on any atom is 0.0717 e. The molecule has 0 spiro atoms. The first-order valence-corrected chi connectivity index (χ1v) is 8.54. The average Bonchev–Trinajstić information content (AvgIpc) is 2.63. The smallest absolute Gasteiger partial charge is 0.0717 e. The van der Waals surface area contributed by atoms with Crippen molar-refractivity contribution in [3.05, 3.63) is 65.7 Å². The van der Waals surface area contributed by atoms with E-state index in [-0.39, 0.29) is 0 Å². The van der Waals surface area contributed by atoms with Crippen LogP contribution in [0.2, 0.25) is 0 Å². The van der Waals surface area contributed by atoms with Gasteiger partial charge in [0.1, 0.15) is 0 Å². The molecule has 3 nitrogen and oxygen atoms in total. The zero-order valence-corrected chi connectivity index (χ0v) is 13.9. The van der Waals surface area contributed by atoms with Gasteiger partial charge in [-0.3, -0.25) is 0 Å². The van der Waals surface area contributed by atoms with Gasteiger partial charge in [0.2, 0.25) is 0 Å². The van der Waals surface area contributed by atoms with Crippen LogP contribution >= 0.6 is 0 Å². The van der Waals surface area contributed by atoms with Crippen LogP contribution in [0.15, 0.2) is 54.6 Å². The molecule has 0 aliphatic carbocycles. The Morgan fingerprint density at radius 2 is 1.91 bits per heavy atom. The molecule has 3 heteroatoms. The van der Waals surface area contributed by atoms with E-state index in [9.17, 15) is 0 Å². The first-order chi connectivity index (χ1) is 11.3. The van der Waals surface area contributed by atoms with Crippen LogP contribution in [0, 0.1) is 0 Å². The molecule has 122 valence electrons. The van der Waals surface area contributed by atoms with E-state index in [2.05, 4.69) is 65.7 Å². The summed E-state index contributed by atoms with van der Waals surface area (Å²) in [4.78, 5) is 2.46. The summed E-state index contributed by atoms with van der Waals surface area (Å²) >= 11 is 0. The summed E-state index contributed by atoms with van der Waals surface area (Å²) in [5.41, 5.74) is 3.97. The summed E-state index contributed by atoms with van der Waals surface area (Å²) in [6.45, 7) is 6.71. The molecule has 1 fully saturated rings. The normalized spacial score (nSPS) is 18.1. The zero-order chi connectivity index (χ0) is 15.9. The molecule has 1 aliphatic heterocycles. The highest BCUT2D eigenvalue weighted by Gasteiger charge is 2.19. The third kappa shape index (κ3) is 4.57. The van der Waals surface area contributed by atoms with E-state index < -0.39 is 0 Å². The SMILES string of the molecule is CCc1cccc(N2CCNC(COCc3ccccc3)C2)c1. The number of aryl methyl sites for hydroxylation is 1. The minimum Gasteiger partial charge on any atom is -0.375 e. The number of benzene rings is 2. The van der Waals surface area contributed by atoms with Crippen LogP contribution in [0.3, 0.4) is 0 Å². The van der Waals surface area contributed by atoms with Gasteiger partial charge in [0, 0.05) is 31.4 Å². The van der Waals surface area contributed by atoms with Crippen LogP contribution in [-0.4, -0.2) is 32.3 Å². The van der Waals surface area contributed by atoms with E-state index in [0.717, 1.165) is 32.7 Å². The molecule has 0 bridgehead atoms. The van der Waals surface area contributed by atoms with Gasteiger partial charge < -0.3 is 15.0 Å². The second-order valence-corrected chi connectivity index (χ2v) is 6.12. The van der Waals surface area contributed by atoms with Gasteiger partial charge >= 0.3 is 0 Å². The summed E-state index contributed by atoms with van der Waals surface area (Å²) in [5, 5.41) is 3.57. The minimum atomic E-state index is 0.387. The van der Waals surface area contributed by atoms with Crippen LogP contribution in [0.25, 0.3) is 0 Å². The van der Waals surface area contributed by atoms with Crippen molar-refractivity contribution in [1.82, 2.24) is 5.32 Å². The lowest BCUT2D eigenvalue weighted by atomic mass is 10.1. The van der Waals surface area contributed by atoms with E-state index in [1.165, 1.54) is 16.8 Å². The molecule has 2 aromatic carbocycles. The molecule has 1 atom stereocenters. The molecular formula is C20H26N2O. The quantitative estimate of drug-likeness (QED) is 0.886. The lowest BCUT2D eigenvalue weighted by molar-refractivity contribution is 0.0971. The summed E-state index contributed by atoms with van der Waals surface area (Å²) in [6.07, 6.45) is 1.09. The van der Waals surface area contributed by atoms with Gasteiger partial charge in [-0.1, -0.05) is 49.4 Å². The van der Waals surface area contributed by atoms with Crippen molar-refractivity contribution in [2.45, 2.75) is 26.0 Å². The zero-order valence-electron chi connectivity index (χ0n) is 13.9. The Morgan fingerprint density at radius 1 is 1.09 bits per heavy atom. The second kappa shape index (κ2) is 8.14. The van der Waals surface area contributed by atoms with Gasteiger partial charge in [0.15, 0.2) is 0 Å². The molecular weight excluding hydrogens is 284 g/mol. The first kappa shape index (κ1) is 16.0. The third-order valence-electron chi connectivity index (χ3n) is 4.37. The van der Waals surface area contributed by atoms with Crippen LogP contribution in [0.5, 0.6) is 0 Å². The highest BCUT2D eigenvalue weighted by atomic mass is 16.5.